The van der Waals surface area contributed by atoms with Gasteiger partial charge in [-0.25, -0.2) is 0 Å². The number of benzene rings is 3. The van der Waals surface area contributed by atoms with Crippen molar-refractivity contribution in [2.45, 2.75) is 20.4 Å². The Balaban J connectivity index is 1.19. The lowest BCUT2D eigenvalue weighted by molar-refractivity contribution is 0.0745. The molecule has 6 heteroatoms. The number of aryl methyl sites for hydroxylation is 2. The van der Waals surface area contributed by atoms with Gasteiger partial charge in [-0.2, -0.15) is 0 Å². The summed E-state index contributed by atoms with van der Waals surface area (Å²) in [6.07, 6.45) is 0.907. The average Bonchev–Trinajstić information content (AvgIpc) is 2.94. The van der Waals surface area contributed by atoms with E-state index in [2.05, 4.69) is 64.1 Å². The van der Waals surface area contributed by atoms with Crippen molar-refractivity contribution in [3.05, 3.63) is 94.5 Å². The largest absolute Gasteiger partial charge is 0.369 e. The maximum atomic E-state index is 13.5. The van der Waals surface area contributed by atoms with Crippen LogP contribution in [0.3, 0.4) is 0 Å². The SMILES string of the molecule is Cc1ccc(CN2CCN(c3ccccc3C)CC2)cc1C(=O)N1CCN(c2ccccc2C=O)CC1. The Morgan fingerprint density at radius 1 is 0.730 bits per heavy atom. The van der Waals surface area contributed by atoms with Gasteiger partial charge >= 0.3 is 0 Å². The van der Waals surface area contributed by atoms with Crippen molar-refractivity contribution in [2.75, 3.05) is 62.2 Å². The van der Waals surface area contributed by atoms with E-state index >= 15 is 0 Å². The van der Waals surface area contributed by atoms with Crippen LogP contribution in [0.15, 0.2) is 66.7 Å². The van der Waals surface area contributed by atoms with Crippen molar-refractivity contribution in [2.24, 2.45) is 0 Å². The first-order valence-corrected chi connectivity index (χ1v) is 13.2. The number of anilines is 2. The van der Waals surface area contributed by atoms with Crippen LogP contribution in [-0.4, -0.2) is 74.4 Å². The molecule has 0 aliphatic carbocycles. The van der Waals surface area contributed by atoms with E-state index in [0.717, 1.165) is 68.9 Å². The second-order valence-electron chi connectivity index (χ2n) is 10.2. The number of hydrogen-bond donors (Lipinski definition) is 0. The molecule has 0 spiro atoms. The first kappa shape index (κ1) is 25.0. The Hall–Kier alpha value is -3.64. The molecular weight excluding hydrogens is 460 g/mol. The summed E-state index contributed by atoms with van der Waals surface area (Å²) < 4.78 is 0. The molecule has 192 valence electrons. The number of rotatable bonds is 6. The lowest BCUT2D eigenvalue weighted by atomic mass is 10.0. The molecule has 0 bridgehead atoms. The van der Waals surface area contributed by atoms with Gasteiger partial charge in [0.1, 0.15) is 0 Å². The number of nitrogens with zero attached hydrogens (tertiary/aromatic N) is 4. The number of carbonyl (C=O) groups is 2. The first-order chi connectivity index (χ1) is 18.0. The van der Waals surface area contributed by atoms with Gasteiger partial charge in [0.15, 0.2) is 6.29 Å². The number of hydrogen-bond acceptors (Lipinski definition) is 5. The van der Waals surface area contributed by atoms with Gasteiger partial charge in [0.2, 0.25) is 0 Å². The summed E-state index contributed by atoms with van der Waals surface area (Å²) in [6.45, 7) is 11.9. The second-order valence-corrected chi connectivity index (χ2v) is 10.2. The summed E-state index contributed by atoms with van der Waals surface area (Å²) in [7, 11) is 0. The highest BCUT2D eigenvalue weighted by Crippen LogP contribution is 2.24. The zero-order valence-electron chi connectivity index (χ0n) is 21.9. The second kappa shape index (κ2) is 11.2. The Kier molecular flexibility index (Phi) is 7.56. The molecule has 2 fully saturated rings. The highest BCUT2D eigenvalue weighted by Gasteiger charge is 2.25. The Labute approximate surface area is 220 Å². The molecule has 2 heterocycles. The van der Waals surface area contributed by atoms with Crippen LogP contribution in [0.4, 0.5) is 11.4 Å². The van der Waals surface area contributed by atoms with Gasteiger partial charge in [-0.1, -0.05) is 42.5 Å². The van der Waals surface area contributed by atoms with Crippen LogP contribution in [0, 0.1) is 13.8 Å². The van der Waals surface area contributed by atoms with Gasteiger partial charge in [-0.05, 0) is 54.8 Å². The predicted molar refractivity (Wildman–Crippen MR) is 150 cm³/mol. The number of carbonyl (C=O) groups excluding carboxylic acids is 2. The molecule has 1 amide bonds. The zero-order valence-corrected chi connectivity index (χ0v) is 21.9. The maximum absolute atomic E-state index is 13.5. The van der Waals surface area contributed by atoms with Crippen LogP contribution in [0.5, 0.6) is 0 Å². The van der Waals surface area contributed by atoms with Crippen LogP contribution < -0.4 is 9.80 Å². The quantitative estimate of drug-likeness (QED) is 0.474. The summed E-state index contributed by atoms with van der Waals surface area (Å²) >= 11 is 0. The molecular formula is C31H36N4O2. The molecule has 5 rings (SSSR count). The molecule has 0 N–H and O–H groups in total. The molecule has 3 aromatic carbocycles. The predicted octanol–water partition coefficient (Wildman–Crippen LogP) is 4.40. The highest BCUT2D eigenvalue weighted by molar-refractivity contribution is 5.96. The Morgan fingerprint density at radius 3 is 2.05 bits per heavy atom. The first-order valence-electron chi connectivity index (χ1n) is 13.2. The minimum Gasteiger partial charge on any atom is -0.369 e. The van der Waals surface area contributed by atoms with Crippen LogP contribution in [0.25, 0.3) is 0 Å². The molecule has 2 saturated heterocycles. The van der Waals surface area contributed by atoms with Crippen LogP contribution in [0.1, 0.15) is 37.4 Å². The van der Waals surface area contributed by atoms with Crippen molar-refractivity contribution in [1.29, 1.82) is 0 Å². The minimum atomic E-state index is 0.104. The number of aldehydes is 1. The zero-order chi connectivity index (χ0) is 25.8. The molecule has 2 aliphatic rings. The van der Waals surface area contributed by atoms with Gasteiger partial charge in [0, 0.05) is 81.4 Å². The minimum absolute atomic E-state index is 0.104. The monoisotopic (exact) mass is 496 g/mol. The van der Waals surface area contributed by atoms with Gasteiger partial charge in [0.05, 0.1) is 0 Å². The van der Waals surface area contributed by atoms with Crippen LogP contribution in [0.2, 0.25) is 0 Å². The summed E-state index contributed by atoms with van der Waals surface area (Å²) in [4.78, 5) is 34.0. The van der Waals surface area contributed by atoms with E-state index in [1.54, 1.807) is 0 Å². The van der Waals surface area contributed by atoms with Gasteiger partial charge in [-0.3, -0.25) is 14.5 Å². The van der Waals surface area contributed by atoms with Crippen molar-refractivity contribution in [3.8, 4) is 0 Å². The standard InChI is InChI=1S/C31H36N4O2/c1-24-11-12-26(22-32-13-15-33(16-14-32)29-9-5-3-7-25(29)2)21-28(24)31(37)35-19-17-34(18-20-35)30-10-6-4-8-27(30)23-36/h3-12,21,23H,13-20,22H2,1-2H3. The van der Waals surface area contributed by atoms with E-state index in [9.17, 15) is 9.59 Å². The average molecular weight is 497 g/mol. The van der Waals surface area contributed by atoms with Crippen molar-refractivity contribution >= 4 is 23.6 Å². The maximum Gasteiger partial charge on any atom is 0.254 e. The lowest BCUT2D eigenvalue weighted by Crippen LogP contribution is -2.49. The molecule has 0 atom stereocenters. The van der Waals surface area contributed by atoms with E-state index in [4.69, 9.17) is 0 Å². The van der Waals surface area contributed by atoms with E-state index in [-0.39, 0.29) is 5.91 Å². The van der Waals surface area contributed by atoms with Gasteiger partial charge in [0.25, 0.3) is 5.91 Å². The molecule has 6 nitrogen and oxygen atoms in total. The van der Waals surface area contributed by atoms with E-state index in [0.29, 0.717) is 18.7 Å². The van der Waals surface area contributed by atoms with Crippen molar-refractivity contribution in [1.82, 2.24) is 9.80 Å². The summed E-state index contributed by atoms with van der Waals surface area (Å²) in [6, 6.07) is 22.6. The Morgan fingerprint density at radius 2 is 1.35 bits per heavy atom. The molecule has 3 aromatic rings. The van der Waals surface area contributed by atoms with Gasteiger partial charge < -0.3 is 14.7 Å². The topological polar surface area (TPSA) is 47.1 Å². The fourth-order valence-electron chi connectivity index (χ4n) is 5.52. The molecule has 0 unspecified atom stereocenters. The number of para-hydroxylation sites is 2. The molecule has 2 aliphatic heterocycles. The van der Waals surface area contributed by atoms with E-state index < -0.39 is 0 Å². The third-order valence-corrected chi connectivity index (χ3v) is 7.74. The van der Waals surface area contributed by atoms with Crippen molar-refractivity contribution in [3.63, 3.8) is 0 Å². The fourth-order valence-corrected chi connectivity index (χ4v) is 5.52. The third kappa shape index (κ3) is 5.54. The highest BCUT2D eigenvalue weighted by atomic mass is 16.2. The van der Waals surface area contributed by atoms with E-state index in [1.165, 1.54) is 16.8 Å². The molecule has 37 heavy (non-hydrogen) atoms. The van der Waals surface area contributed by atoms with Crippen molar-refractivity contribution < 1.29 is 9.59 Å². The molecule has 0 saturated carbocycles. The van der Waals surface area contributed by atoms with Gasteiger partial charge in [-0.15, -0.1) is 0 Å². The molecule has 0 aromatic heterocycles. The lowest BCUT2D eigenvalue weighted by Gasteiger charge is -2.37. The summed E-state index contributed by atoms with van der Waals surface area (Å²) in [5.41, 5.74) is 7.32. The Bertz CT molecular complexity index is 1260. The summed E-state index contributed by atoms with van der Waals surface area (Å²) in [5, 5.41) is 0. The van der Waals surface area contributed by atoms with Crippen LogP contribution >= 0.6 is 0 Å². The fraction of sp³-hybridized carbons (Fsp3) is 0.355. The number of amides is 1. The van der Waals surface area contributed by atoms with Crippen LogP contribution in [-0.2, 0) is 6.54 Å². The normalized spacial score (nSPS) is 16.6. The summed E-state index contributed by atoms with van der Waals surface area (Å²) in [5.74, 6) is 0.104. The van der Waals surface area contributed by atoms with E-state index in [1.807, 2.05) is 36.1 Å². The smallest absolute Gasteiger partial charge is 0.254 e. The molecule has 0 radical (unpaired) electrons. The number of piperazine rings is 2. The third-order valence-electron chi connectivity index (χ3n) is 7.74.